The van der Waals surface area contributed by atoms with E-state index >= 15 is 0 Å². The number of hydrogen-bond donors (Lipinski definition) is 2. The van der Waals surface area contributed by atoms with Crippen LogP contribution in [0, 0.1) is 29.1 Å². The Balaban J connectivity index is 3.56. The van der Waals surface area contributed by atoms with E-state index in [0.717, 1.165) is 13.1 Å². The molecule has 0 aliphatic rings. The average molecular weight is 183 g/mol. The van der Waals surface area contributed by atoms with Gasteiger partial charge in [0.05, 0.1) is 12.0 Å². The van der Waals surface area contributed by atoms with Gasteiger partial charge >= 0.3 is 0 Å². The van der Waals surface area contributed by atoms with E-state index in [0.29, 0.717) is 18.4 Å². The van der Waals surface area contributed by atoms with Crippen molar-refractivity contribution in [1.82, 2.24) is 5.32 Å². The molecule has 0 aromatic heterocycles. The van der Waals surface area contributed by atoms with Crippen LogP contribution in [0.15, 0.2) is 0 Å². The van der Waals surface area contributed by atoms with Gasteiger partial charge in [0.2, 0.25) is 0 Å². The summed E-state index contributed by atoms with van der Waals surface area (Å²) in [6.07, 6.45) is 0. The summed E-state index contributed by atoms with van der Waals surface area (Å²) in [5, 5.41) is 11.8. The van der Waals surface area contributed by atoms with Gasteiger partial charge in [-0.2, -0.15) is 5.26 Å². The molecule has 0 aromatic rings. The molecular formula is C10H21N3. The molecule has 0 bridgehead atoms. The quantitative estimate of drug-likeness (QED) is 0.645. The minimum Gasteiger partial charge on any atom is -0.330 e. The van der Waals surface area contributed by atoms with Gasteiger partial charge in [-0.1, -0.05) is 13.8 Å². The molecule has 0 radical (unpaired) electrons. The Morgan fingerprint density at radius 2 is 1.92 bits per heavy atom. The van der Waals surface area contributed by atoms with Gasteiger partial charge in [0, 0.05) is 6.54 Å². The van der Waals surface area contributed by atoms with Crippen LogP contribution in [-0.4, -0.2) is 19.6 Å². The van der Waals surface area contributed by atoms with Crippen molar-refractivity contribution in [3.8, 4) is 6.07 Å². The molecule has 0 heterocycles. The fraction of sp³-hybridized carbons (Fsp3) is 0.900. The van der Waals surface area contributed by atoms with Gasteiger partial charge in [-0.3, -0.25) is 0 Å². The van der Waals surface area contributed by atoms with E-state index in [2.05, 4.69) is 25.2 Å². The lowest BCUT2D eigenvalue weighted by molar-refractivity contribution is 0.367. The van der Waals surface area contributed by atoms with Crippen LogP contribution >= 0.6 is 0 Å². The second-order valence-corrected chi connectivity index (χ2v) is 3.93. The van der Waals surface area contributed by atoms with Gasteiger partial charge in [0.1, 0.15) is 0 Å². The van der Waals surface area contributed by atoms with Gasteiger partial charge in [-0.05, 0) is 31.8 Å². The smallest absolute Gasteiger partial charge is 0.0666 e. The maximum Gasteiger partial charge on any atom is 0.0666 e. The Bertz CT molecular complexity index is 160. The molecule has 2 unspecified atom stereocenters. The maximum atomic E-state index is 8.55. The summed E-state index contributed by atoms with van der Waals surface area (Å²) >= 11 is 0. The summed E-state index contributed by atoms with van der Waals surface area (Å²) in [5.74, 6) is 1.21. The molecule has 0 spiro atoms. The minimum absolute atomic E-state index is 0.0885. The van der Waals surface area contributed by atoms with Crippen LogP contribution in [0.4, 0.5) is 0 Å². The van der Waals surface area contributed by atoms with Crippen molar-refractivity contribution in [2.24, 2.45) is 23.5 Å². The average Bonchev–Trinajstić information content (AvgIpc) is 2.11. The highest BCUT2D eigenvalue weighted by molar-refractivity contribution is 4.80. The lowest BCUT2D eigenvalue weighted by atomic mass is 9.96. The SMILES string of the molecule is CC(C#N)CNCC(CN)C(C)C. The Morgan fingerprint density at radius 3 is 2.31 bits per heavy atom. The minimum atomic E-state index is 0.0885. The van der Waals surface area contributed by atoms with Gasteiger partial charge in [-0.25, -0.2) is 0 Å². The third-order valence-corrected chi connectivity index (χ3v) is 2.32. The van der Waals surface area contributed by atoms with Crippen molar-refractivity contribution >= 4 is 0 Å². The molecule has 76 valence electrons. The highest BCUT2D eigenvalue weighted by atomic mass is 14.9. The molecule has 0 saturated heterocycles. The van der Waals surface area contributed by atoms with Crippen LogP contribution in [0.25, 0.3) is 0 Å². The van der Waals surface area contributed by atoms with Crippen LogP contribution in [-0.2, 0) is 0 Å². The topological polar surface area (TPSA) is 61.8 Å². The highest BCUT2D eigenvalue weighted by Gasteiger charge is 2.10. The van der Waals surface area contributed by atoms with Crippen molar-refractivity contribution in [2.75, 3.05) is 19.6 Å². The molecule has 0 aromatic carbocycles. The van der Waals surface area contributed by atoms with Crippen molar-refractivity contribution in [3.05, 3.63) is 0 Å². The van der Waals surface area contributed by atoms with Gasteiger partial charge < -0.3 is 11.1 Å². The first kappa shape index (κ1) is 12.4. The highest BCUT2D eigenvalue weighted by Crippen LogP contribution is 2.07. The van der Waals surface area contributed by atoms with Crippen LogP contribution < -0.4 is 11.1 Å². The van der Waals surface area contributed by atoms with Gasteiger partial charge in [-0.15, -0.1) is 0 Å². The summed E-state index contributed by atoms with van der Waals surface area (Å²) in [7, 11) is 0. The van der Waals surface area contributed by atoms with Crippen molar-refractivity contribution in [1.29, 1.82) is 5.26 Å². The first-order valence-corrected chi connectivity index (χ1v) is 4.92. The fourth-order valence-electron chi connectivity index (χ4n) is 1.12. The molecule has 3 heteroatoms. The number of nitrogens with one attached hydrogen (secondary N) is 1. The van der Waals surface area contributed by atoms with Crippen molar-refractivity contribution in [3.63, 3.8) is 0 Å². The van der Waals surface area contributed by atoms with Gasteiger partial charge in [0.15, 0.2) is 0 Å². The Kier molecular flexibility index (Phi) is 6.56. The molecule has 0 rings (SSSR count). The molecular weight excluding hydrogens is 162 g/mol. The Hall–Kier alpha value is -0.590. The normalized spacial score (nSPS) is 15.4. The van der Waals surface area contributed by atoms with E-state index in [-0.39, 0.29) is 5.92 Å². The number of nitrogens with zero attached hydrogens (tertiary/aromatic N) is 1. The van der Waals surface area contributed by atoms with E-state index < -0.39 is 0 Å². The van der Waals surface area contributed by atoms with E-state index in [9.17, 15) is 0 Å². The first-order chi connectivity index (χ1) is 6.11. The third kappa shape index (κ3) is 5.62. The maximum absolute atomic E-state index is 8.55. The van der Waals surface area contributed by atoms with Crippen molar-refractivity contribution in [2.45, 2.75) is 20.8 Å². The lowest BCUT2D eigenvalue weighted by Gasteiger charge is -2.19. The van der Waals surface area contributed by atoms with Crippen LogP contribution in [0.3, 0.4) is 0 Å². The molecule has 2 atom stereocenters. The zero-order valence-corrected chi connectivity index (χ0v) is 8.88. The molecule has 0 amide bonds. The van der Waals surface area contributed by atoms with E-state index in [1.54, 1.807) is 0 Å². The molecule has 13 heavy (non-hydrogen) atoms. The van der Waals surface area contributed by atoms with E-state index in [1.165, 1.54) is 0 Å². The molecule has 0 aliphatic carbocycles. The van der Waals surface area contributed by atoms with Gasteiger partial charge in [0.25, 0.3) is 0 Å². The predicted octanol–water partition coefficient (Wildman–Crippen LogP) is 0.967. The van der Waals surface area contributed by atoms with Crippen LogP contribution in [0.2, 0.25) is 0 Å². The monoisotopic (exact) mass is 183 g/mol. The predicted molar refractivity (Wildman–Crippen MR) is 55.0 cm³/mol. The summed E-state index contributed by atoms with van der Waals surface area (Å²) in [4.78, 5) is 0. The standard InChI is InChI=1S/C10H21N3/c1-8(2)10(5-12)7-13-6-9(3)4-11/h8-10,13H,5-7,12H2,1-3H3. The molecule has 0 aliphatic heterocycles. The number of hydrogen-bond acceptors (Lipinski definition) is 3. The first-order valence-electron chi connectivity index (χ1n) is 4.92. The Labute approximate surface area is 81.3 Å². The zero-order chi connectivity index (χ0) is 10.3. The number of nitrogens with two attached hydrogens (primary N) is 1. The Morgan fingerprint density at radius 1 is 1.31 bits per heavy atom. The molecule has 3 N–H and O–H groups in total. The summed E-state index contributed by atoms with van der Waals surface area (Å²) < 4.78 is 0. The largest absolute Gasteiger partial charge is 0.330 e. The van der Waals surface area contributed by atoms with Crippen molar-refractivity contribution < 1.29 is 0 Å². The number of rotatable bonds is 6. The summed E-state index contributed by atoms with van der Waals surface area (Å²) in [5.41, 5.74) is 5.62. The van der Waals surface area contributed by atoms with Crippen LogP contribution in [0.5, 0.6) is 0 Å². The molecule has 0 saturated carbocycles. The fourth-order valence-corrected chi connectivity index (χ4v) is 1.12. The van der Waals surface area contributed by atoms with E-state index in [1.807, 2.05) is 6.92 Å². The third-order valence-electron chi connectivity index (χ3n) is 2.32. The second kappa shape index (κ2) is 6.88. The molecule has 0 fully saturated rings. The zero-order valence-electron chi connectivity index (χ0n) is 8.88. The van der Waals surface area contributed by atoms with E-state index in [4.69, 9.17) is 11.0 Å². The molecule has 3 nitrogen and oxygen atoms in total. The summed E-state index contributed by atoms with van der Waals surface area (Å²) in [6, 6.07) is 2.19. The van der Waals surface area contributed by atoms with Crippen LogP contribution in [0.1, 0.15) is 20.8 Å². The number of nitriles is 1. The summed E-state index contributed by atoms with van der Waals surface area (Å²) in [6.45, 7) is 8.66. The second-order valence-electron chi connectivity index (χ2n) is 3.93. The lowest BCUT2D eigenvalue weighted by Crippen LogP contribution is -2.33.